The molecule has 0 saturated carbocycles. The number of carbonyl (C=O) groups excluding carboxylic acids is 2. The number of aromatic nitrogens is 3. The number of amides is 2. The predicted molar refractivity (Wildman–Crippen MR) is 78.8 cm³/mol. The van der Waals surface area contributed by atoms with Gasteiger partial charge in [0.15, 0.2) is 0 Å². The number of fused-ring (bicyclic) bond motifs is 1. The molecule has 0 spiro atoms. The SMILES string of the molecule is Cc1ccc([N+](=O)[O-])cc1NC(=O)C[C@H]1C(=O)Nc2ncnn21. The third kappa shape index (κ3) is 2.73. The van der Waals surface area contributed by atoms with Crippen LogP contribution in [0, 0.1) is 17.0 Å². The van der Waals surface area contributed by atoms with Gasteiger partial charge in [0.2, 0.25) is 11.9 Å². The molecule has 0 saturated heterocycles. The molecule has 1 atom stereocenters. The Morgan fingerprint density at radius 2 is 2.30 bits per heavy atom. The molecular formula is C13H12N6O4. The molecule has 2 heterocycles. The molecule has 23 heavy (non-hydrogen) atoms. The maximum Gasteiger partial charge on any atom is 0.271 e. The van der Waals surface area contributed by atoms with Crippen molar-refractivity contribution in [2.45, 2.75) is 19.4 Å². The fraction of sp³-hybridized carbons (Fsp3) is 0.231. The van der Waals surface area contributed by atoms with Gasteiger partial charge < -0.3 is 5.32 Å². The van der Waals surface area contributed by atoms with Crippen LogP contribution in [0.5, 0.6) is 0 Å². The van der Waals surface area contributed by atoms with E-state index in [1.165, 1.54) is 23.1 Å². The van der Waals surface area contributed by atoms with E-state index in [-0.39, 0.29) is 18.0 Å². The number of nitro groups is 1. The lowest BCUT2D eigenvalue weighted by Gasteiger charge is -2.11. The van der Waals surface area contributed by atoms with Crippen LogP contribution in [0.25, 0.3) is 0 Å². The van der Waals surface area contributed by atoms with Crippen LogP contribution in [0.4, 0.5) is 17.3 Å². The number of nitrogens with one attached hydrogen (secondary N) is 2. The second-order valence-electron chi connectivity index (χ2n) is 5.04. The number of nitro benzene ring substituents is 1. The molecule has 1 aromatic carbocycles. The average molecular weight is 316 g/mol. The van der Waals surface area contributed by atoms with Crippen molar-refractivity contribution in [2.75, 3.05) is 10.6 Å². The van der Waals surface area contributed by atoms with Crippen LogP contribution in [-0.4, -0.2) is 31.5 Å². The van der Waals surface area contributed by atoms with Gasteiger partial charge in [-0.2, -0.15) is 10.1 Å². The van der Waals surface area contributed by atoms with E-state index >= 15 is 0 Å². The molecule has 0 unspecified atom stereocenters. The second kappa shape index (κ2) is 5.48. The maximum absolute atomic E-state index is 12.2. The summed E-state index contributed by atoms with van der Waals surface area (Å²) in [5.74, 6) is -0.525. The number of benzene rings is 1. The normalized spacial score (nSPS) is 15.9. The lowest BCUT2D eigenvalue weighted by atomic mass is 10.1. The molecule has 0 fully saturated rings. The summed E-state index contributed by atoms with van der Waals surface area (Å²) in [5, 5.41) is 19.8. The molecule has 0 radical (unpaired) electrons. The summed E-state index contributed by atoms with van der Waals surface area (Å²) in [4.78, 5) is 38.1. The van der Waals surface area contributed by atoms with E-state index in [9.17, 15) is 19.7 Å². The first-order valence-corrected chi connectivity index (χ1v) is 6.71. The van der Waals surface area contributed by atoms with Gasteiger partial charge in [-0.3, -0.25) is 25.0 Å². The van der Waals surface area contributed by atoms with Crippen LogP contribution in [0.2, 0.25) is 0 Å². The van der Waals surface area contributed by atoms with E-state index in [2.05, 4.69) is 20.7 Å². The molecule has 2 amide bonds. The first-order valence-electron chi connectivity index (χ1n) is 6.71. The standard InChI is InChI=1S/C13H12N6O4/c1-7-2-3-8(19(22)23)4-9(7)16-11(20)5-10-12(21)17-13-14-6-15-18(10)13/h2-4,6,10H,5H2,1H3,(H,16,20)(H,14,15,17,21)/t10-/m0/s1. The minimum absolute atomic E-state index is 0.122. The molecular weight excluding hydrogens is 304 g/mol. The van der Waals surface area contributed by atoms with Crippen molar-refractivity contribution in [1.29, 1.82) is 0 Å². The number of hydrogen-bond acceptors (Lipinski definition) is 6. The van der Waals surface area contributed by atoms with Gasteiger partial charge in [0.1, 0.15) is 12.4 Å². The maximum atomic E-state index is 12.2. The zero-order valence-corrected chi connectivity index (χ0v) is 12.0. The topological polar surface area (TPSA) is 132 Å². The zero-order chi connectivity index (χ0) is 16.6. The highest BCUT2D eigenvalue weighted by atomic mass is 16.6. The van der Waals surface area contributed by atoms with E-state index in [1.54, 1.807) is 13.0 Å². The van der Waals surface area contributed by atoms with Gasteiger partial charge in [-0.25, -0.2) is 4.68 Å². The van der Waals surface area contributed by atoms with E-state index in [4.69, 9.17) is 0 Å². The van der Waals surface area contributed by atoms with Crippen LogP contribution in [-0.2, 0) is 9.59 Å². The summed E-state index contributed by atoms with van der Waals surface area (Å²) in [7, 11) is 0. The van der Waals surface area contributed by atoms with Gasteiger partial charge in [0, 0.05) is 12.1 Å². The van der Waals surface area contributed by atoms with Gasteiger partial charge >= 0.3 is 0 Å². The van der Waals surface area contributed by atoms with Crippen LogP contribution >= 0.6 is 0 Å². The number of anilines is 2. The fourth-order valence-corrected chi connectivity index (χ4v) is 2.29. The van der Waals surface area contributed by atoms with Gasteiger partial charge in [-0.05, 0) is 12.5 Å². The number of aryl methyl sites for hydroxylation is 1. The smallest absolute Gasteiger partial charge is 0.271 e. The Morgan fingerprint density at radius 1 is 1.52 bits per heavy atom. The Bertz CT molecular complexity index is 815. The Morgan fingerprint density at radius 3 is 3.04 bits per heavy atom. The van der Waals surface area contributed by atoms with Crippen molar-refractivity contribution in [1.82, 2.24) is 14.8 Å². The molecule has 2 aromatic rings. The van der Waals surface area contributed by atoms with Crippen molar-refractivity contribution in [3.8, 4) is 0 Å². The third-order valence-corrected chi connectivity index (χ3v) is 3.49. The summed E-state index contributed by atoms with van der Waals surface area (Å²) in [5.41, 5.74) is 0.894. The second-order valence-corrected chi connectivity index (χ2v) is 5.04. The zero-order valence-electron chi connectivity index (χ0n) is 12.0. The van der Waals surface area contributed by atoms with Crippen LogP contribution < -0.4 is 10.6 Å². The quantitative estimate of drug-likeness (QED) is 0.639. The van der Waals surface area contributed by atoms with Crippen LogP contribution in [0.1, 0.15) is 18.0 Å². The van der Waals surface area contributed by atoms with Crippen molar-refractivity contribution >= 4 is 29.1 Å². The number of non-ortho nitro benzene ring substituents is 1. The molecule has 1 aliphatic heterocycles. The van der Waals surface area contributed by atoms with Crippen molar-refractivity contribution < 1.29 is 14.5 Å². The van der Waals surface area contributed by atoms with Gasteiger partial charge in [0.05, 0.1) is 17.0 Å². The number of nitrogens with zero attached hydrogens (tertiary/aromatic N) is 4. The lowest BCUT2D eigenvalue weighted by molar-refractivity contribution is -0.384. The summed E-state index contributed by atoms with van der Waals surface area (Å²) in [6.07, 6.45) is 1.13. The van der Waals surface area contributed by atoms with Crippen molar-refractivity contribution in [3.05, 3.63) is 40.2 Å². The summed E-state index contributed by atoms with van der Waals surface area (Å²) < 4.78 is 1.34. The molecule has 1 aliphatic rings. The number of hydrogen-bond donors (Lipinski definition) is 2. The molecule has 0 bridgehead atoms. The van der Waals surface area contributed by atoms with E-state index in [0.717, 1.165) is 0 Å². The minimum atomic E-state index is -0.786. The van der Waals surface area contributed by atoms with Crippen LogP contribution in [0.15, 0.2) is 24.5 Å². The van der Waals surface area contributed by atoms with E-state index in [1.807, 2.05) is 0 Å². The summed E-state index contributed by atoms with van der Waals surface area (Å²) in [6.45, 7) is 1.72. The minimum Gasteiger partial charge on any atom is -0.326 e. The Labute approximate surface area is 129 Å². The average Bonchev–Trinajstić information content (AvgIpc) is 3.04. The lowest BCUT2D eigenvalue weighted by Crippen LogP contribution is -2.23. The summed E-state index contributed by atoms with van der Waals surface area (Å²) >= 11 is 0. The molecule has 10 heteroatoms. The molecule has 3 rings (SSSR count). The fourth-order valence-electron chi connectivity index (χ4n) is 2.29. The largest absolute Gasteiger partial charge is 0.326 e. The first kappa shape index (κ1) is 14.6. The Hall–Kier alpha value is -3.30. The highest BCUT2D eigenvalue weighted by molar-refractivity contribution is 6.01. The molecule has 1 aromatic heterocycles. The van der Waals surface area contributed by atoms with Crippen molar-refractivity contribution in [3.63, 3.8) is 0 Å². The van der Waals surface area contributed by atoms with Crippen molar-refractivity contribution in [2.24, 2.45) is 0 Å². The first-order chi connectivity index (χ1) is 11.0. The highest BCUT2D eigenvalue weighted by Gasteiger charge is 2.33. The molecule has 118 valence electrons. The Balaban J connectivity index is 1.74. The third-order valence-electron chi connectivity index (χ3n) is 3.49. The molecule has 10 nitrogen and oxygen atoms in total. The number of carbonyl (C=O) groups is 2. The van der Waals surface area contributed by atoms with E-state index < -0.39 is 16.9 Å². The predicted octanol–water partition coefficient (Wildman–Crippen LogP) is 1.02. The number of rotatable bonds is 4. The Kier molecular flexibility index (Phi) is 3.48. The van der Waals surface area contributed by atoms with Gasteiger partial charge in [0.25, 0.3) is 11.6 Å². The van der Waals surface area contributed by atoms with Crippen LogP contribution in [0.3, 0.4) is 0 Å². The highest BCUT2D eigenvalue weighted by Crippen LogP contribution is 2.26. The molecule has 2 N–H and O–H groups in total. The molecule has 0 aliphatic carbocycles. The van der Waals surface area contributed by atoms with Gasteiger partial charge in [-0.15, -0.1) is 0 Å². The van der Waals surface area contributed by atoms with E-state index in [0.29, 0.717) is 17.2 Å². The summed E-state index contributed by atoms with van der Waals surface area (Å²) in [6, 6.07) is 3.40. The van der Waals surface area contributed by atoms with Gasteiger partial charge in [-0.1, -0.05) is 6.07 Å². The monoisotopic (exact) mass is 316 g/mol.